The minimum absolute atomic E-state index is 0. The summed E-state index contributed by atoms with van der Waals surface area (Å²) >= 11 is 5.97. The van der Waals surface area contributed by atoms with E-state index in [9.17, 15) is 47.4 Å². The minimum Gasteiger partial charge on any atom is -0.508 e. The number of imidazole rings is 2. The number of imide groups is 1. The molecule has 2 aliphatic rings. The van der Waals surface area contributed by atoms with Gasteiger partial charge in [0.15, 0.2) is 23.1 Å². The smallest absolute Gasteiger partial charge is 0.332 e. The number of halogens is 4. The Balaban J connectivity index is 0.000000418. The van der Waals surface area contributed by atoms with Gasteiger partial charge in [-0.15, -0.1) is 0 Å². The molecule has 4 N–H and O–H groups in total. The molecular weight excluding hydrogens is 863 g/mol. The summed E-state index contributed by atoms with van der Waals surface area (Å²) in [6, 6.07) is 15.2. The van der Waals surface area contributed by atoms with Crippen molar-refractivity contribution in [3.05, 3.63) is 141 Å². The van der Waals surface area contributed by atoms with Crippen molar-refractivity contribution in [1.29, 1.82) is 0 Å². The number of amides is 4. The number of hydrogen-bond acceptors (Lipinski definition) is 9. The molecule has 2 aromatic heterocycles. The number of aromatic nitrogens is 4. The number of phenols is 4. The average molecular weight is 916 g/mol. The quantitative estimate of drug-likeness (QED) is 0.128. The van der Waals surface area contributed by atoms with Gasteiger partial charge in [0.05, 0.1) is 27.8 Å². The van der Waals surface area contributed by atoms with E-state index in [0.717, 1.165) is 33.7 Å². The molecule has 2 fully saturated rings. The zero-order chi connectivity index (χ0) is 44.0. The van der Waals surface area contributed by atoms with Gasteiger partial charge in [0.2, 0.25) is 11.8 Å². The highest BCUT2D eigenvalue weighted by Gasteiger charge is 2.31. The van der Waals surface area contributed by atoms with Crippen molar-refractivity contribution in [1.82, 2.24) is 23.2 Å². The van der Waals surface area contributed by atoms with Gasteiger partial charge in [0.1, 0.15) is 17.3 Å². The summed E-state index contributed by atoms with van der Waals surface area (Å²) in [5.74, 6) is -3.74. The fourth-order valence-electron chi connectivity index (χ4n) is 5.72. The number of phenolic OH excluding ortho intramolecular Hbond substituents is 4. The molecule has 0 unspecified atom stereocenters. The summed E-state index contributed by atoms with van der Waals surface area (Å²) in [6.07, 6.45) is 6.41. The van der Waals surface area contributed by atoms with Crippen LogP contribution in [-0.2, 0) is 23.7 Å². The van der Waals surface area contributed by atoms with Crippen LogP contribution in [0.3, 0.4) is 0 Å². The third kappa shape index (κ3) is 12.4. The van der Waals surface area contributed by atoms with Gasteiger partial charge >= 0.3 is 17.4 Å². The van der Waals surface area contributed by atoms with E-state index in [0.29, 0.717) is 29.5 Å². The van der Waals surface area contributed by atoms with E-state index in [4.69, 9.17) is 21.8 Å². The first-order chi connectivity index (χ1) is 28.4. The summed E-state index contributed by atoms with van der Waals surface area (Å²) in [5.41, 5.74) is 0.587. The monoisotopic (exact) mass is 915 g/mol. The predicted molar refractivity (Wildman–Crippen MR) is 240 cm³/mol. The maximum atomic E-state index is 13.4. The number of aromatic hydroxyl groups is 4. The van der Waals surface area contributed by atoms with E-state index in [1.54, 1.807) is 49.4 Å². The number of nitrogens with zero attached hydrogens (tertiary/aromatic N) is 7. The third-order valence-electron chi connectivity index (χ3n) is 8.97. The van der Waals surface area contributed by atoms with Crippen LogP contribution in [0, 0.1) is 17.5 Å². The van der Waals surface area contributed by atoms with Gasteiger partial charge in [-0.05, 0) is 48.5 Å². The first-order valence-corrected chi connectivity index (χ1v) is 18.1. The molecule has 64 heavy (non-hydrogen) atoms. The van der Waals surface area contributed by atoms with E-state index in [1.165, 1.54) is 68.6 Å². The van der Waals surface area contributed by atoms with Crippen molar-refractivity contribution in [2.24, 2.45) is 14.1 Å². The highest BCUT2D eigenvalue weighted by Crippen LogP contribution is 2.32. The van der Waals surface area contributed by atoms with Crippen LogP contribution in [0.4, 0.5) is 29.3 Å². The number of carbonyl (C=O) groups excluding carboxylic acids is 3. The fraction of sp³-hybridized carbons (Fsp3) is 0.250. The number of urea groups is 1. The van der Waals surface area contributed by atoms with Crippen LogP contribution in [0.5, 0.6) is 23.0 Å². The molecule has 0 saturated carbocycles. The van der Waals surface area contributed by atoms with E-state index in [1.807, 2.05) is 0 Å². The van der Waals surface area contributed by atoms with Crippen LogP contribution in [0.2, 0.25) is 5.02 Å². The van der Waals surface area contributed by atoms with Gasteiger partial charge in [-0.2, -0.15) is 0 Å². The number of carbonyl (C=O) groups is 3. The second-order valence-electron chi connectivity index (χ2n) is 13.1. The zero-order valence-electron chi connectivity index (χ0n) is 32.0. The number of rotatable bonds is 4. The Morgan fingerprint density at radius 3 is 1.55 bits per heavy atom. The Hall–Kier alpha value is -7.41. The van der Waals surface area contributed by atoms with Crippen LogP contribution in [0.25, 0.3) is 11.4 Å². The summed E-state index contributed by atoms with van der Waals surface area (Å²) < 4.78 is 44.3. The van der Waals surface area contributed by atoms with Gasteiger partial charge in [-0.25, -0.2) is 27.6 Å². The summed E-state index contributed by atoms with van der Waals surface area (Å²) in [4.78, 5) is 61.4. The molecule has 0 spiro atoms. The van der Waals surface area contributed by atoms with Gasteiger partial charge < -0.3 is 34.5 Å². The molecule has 0 bridgehead atoms. The number of anilines is 2. The first kappa shape index (κ1) is 54.6. The van der Waals surface area contributed by atoms with Crippen molar-refractivity contribution >= 4 is 40.8 Å². The molecule has 20 heteroatoms. The molecule has 6 aromatic rings. The molecule has 8 rings (SSSR count). The Morgan fingerprint density at radius 2 is 1.05 bits per heavy atom. The lowest BCUT2D eigenvalue weighted by Gasteiger charge is -2.17. The van der Waals surface area contributed by atoms with Crippen molar-refractivity contribution in [2.45, 2.75) is 42.5 Å². The lowest BCUT2D eigenvalue weighted by atomic mass is 10.2. The average Bonchev–Trinajstić information content (AvgIpc) is 3.95. The molecule has 0 radical (unpaired) electrons. The molecular formula is C44H53ClF3N7O9. The highest BCUT2D eigenvalue weighted by atomic mass is 35.5. The number of benzene rings is 4. The summed E-state index contributed by atoms with van der Waals surface area (Å²) in [5, 5.41) is 37.1. The molecule has 2 aliphatic heterocycles. The van der Waals surface area contributed by atoms with Crippen molar-refractivity contribution in [2.75, 3.05) is 29.9 Å². The van der Waals surface area contributed by atoms with Gasteiger partial charge in [-0.3, -0.25) is 28.5 Å². The molecule has 2 saturated heterocycles. The normalized spacial score (nSPS) is 12.5. The standard InChI is InChI=1S/C10H11ClN2O2.2C10H9FN2O2.C10H8FNO3.4CH4/c2*1-12-4-5-13(10(12)15)9-6-7(14)2-3-8(9)11;1-12-4-5-13(10(12)15)7-2-3-8(11)9(14)6-7;11-7-5-6(1-2-8(7)13)12-9(14)3-4-10(12)15;;;;/h2-3,6,14H,4-5H2,1H3;2*2-6,14H,1H3;1-2,5,13H,3-4H2;4*1H4. The molecule has 4 aromatic carbocycles. The minimum atomic E-state index is -0.847. The van der Waals surface area contributed by atoms with E-state index in [-0.39, 0.29) is 94.6 Å². The van der Waals surface area contributed by atoms with Crippen molar-refractivity contribution < 1.29 is 48.0 Å². The molecule has 0 aliphatic carbocycles. The predicted octanol–water partition coefficient (Wildman–Crippen LogP) is 7.69. The summed E-state index contributed by atoms with van der Waals surface area (Å²) in [7, 11) is 4.92. The lowest BCUT2D eigenvalue weighted by Crippen LogP contribution is -2.29. The van der Waals surface area contributed by atoms with Crippen molar-refractivity contribution in [3.8, 4) is 34.4 Å². The van der Waals surface area contributed by atoms with Crippen LogP contribution in [0.15, 0.2) is 107 Å². The fourth-order valence-corrected chi connectivity index (χ4v) is 5.94. The molecule has 0 atom stereocenters. The topological polar surface area (TPSA) is 196 Å². The van der Waals surface area contributed by atoms with Crippen LogP contribution >= 0.6 is 11.6 Å². The van der Waals surface area contributed by atoms with Gasteiger partial charge in [-0.1, -0.05) is 41.3 Å². The van der Waals surface area contributed by atoms with Crippen LogP contribution in [-0.4, -0.2) is 81.6 Å². The summed E-state index contributed by atoms with van der Waals surface area (Å²) in [6.45, 7) is 1.27. The largest absolute Gasteiger partial charge is 0.508 e. The molecule has 4 heterocycles. The Kier molecular flexibility index (Phi) is 19.8. The van der Waals surface area contributed by atoms with Crippen LogP contribution in [0.1, 0.15) is 42.5 Å². The zero-order valence-corrected chi connectivity index (χ0v) is 32.8. The second-order valence-corrected chi connectivity index (χ2v) is 13.6. The second kappa shape index (κ2) is 23.2. The number of aryl methyl sites for hydroxylation is 2. The molecule has 4 amide bonds. The Labute approximate surface area is 373 Å². The van der Waals surface area contributed by atoms with E-state index < -0.39 is 29.0 Å². The third-order valence-corrected chi connectivity index (χ3v) is 9.29. The van der Waals surface area contributed by atoms with E-state index in [2.05, 4.69) is 0 Å². The Bertz CT molecular complexity index is 2680. The van der Waals surface area contributed by atoms with Crippen molar-refractivity contribution in [3.63, 3.8) is 0 Å². The molecule has 16 nitrogen and oxygen atoms in total. The maximum absolute atomic E-state index is 13.4. The number of hydrogen-bond donors (Lipinski definition) is 4. The first-order valence-electron chi connectivity index (χ1n) is 17.7. The van der Waals surface area contributed by atoms with Crippen LogP contribution < -0.4 is 21.2 Å². The van der Waals surface area contributed by atoms with E-state index >= 15 is 0 Å². The maximum Gasteiger partial charge on any atom is 0.332 e. The number of likely N-dealkylation sites (N-methyl/N-ethyl adjacent to an activating group) is 1. The van der Waals surface area contributed by atoms with Gasteiger partial charge in [0, 0.05) is 96.1 Å². The Morgan fingerprint density at radius 1 is 0.531 bits per heavy atom. The molecule has 346 valence electrons. The lowest BCUT2D eigenvalue weighted by molar-refractivity contribution is -0.121. The SMILES string of the molecule is C.C.C.C.CN1CCN(c2cc(O)ccc2Cl)C1=O.Cn1ccn(-c2cc(O)ccc2F)c1=O.Cn1ccn(-c2ccc(F)c(O)c2)c1=O.O=C1CCC(=O)N1c1ccc(O)c(F)c1. The van der Waals surface area contributed by atoms with Gasteiger partial charge in [0.25, 0.3) is 0 Å². The highest BCUT2D eigenvalue weighted by molar-refractivity contribution is 6.34.